The summed E-state index contributed by atoms with van der Waals surface area (Å²) in [6, 6.07) is 12.4. The first kappa shape index (κ1) is 21.0. The average Bonchev–Trinajstić information content (AvgIpc) is 3.33. The number of benzene rings is 1. The van der Waals surface area contributed by atoms with Crippen molar-refractivity contribution in [1.82, 2.24) is 9.80 Å². The molecule has 0 saturated carbocycles. The number of carbonyl (C=O) groups excluding carboxylic acids is 1. The van der Waals surface area contributed by atoms with E-state index in [9.17, 15) is 4.79 Å². The quantitative estimate of drug-likeness (QED) is 0.493. The Hall–Kier alpha value is -1.22. The molecule has 1 aromatic heterocycles. The van der Waals surface area contributed by atoms with Crippen molar-refractivity contribution in [2.24, 2.45) is 0 Å². The van der Waals surface area contributed by atoms with Crippen molar-refractivity contribution in [3.05, 3.63) is 52.2 Å². The van der Waals surface area contributed by atoms with Gasteiger partial charge in [-0.2, -0.15) is 0 Å². The third-order valence-electron chi connectivity index (χ3n) is 5.67. The van der Waals surface area contributed by atoms with Crippen LogP contribution in [0.4, 0.5) is 0 Å². The molecular formula is C22H28N2O3S2. The molecule has 2 atom stereocenters. The Morgan fingerprint density at radius 3 is 2.14 bits per heavy atom. The molecule has 5 nitrogen and oxygen atoms in total. The van der Waals surface area contributed by atoms with Gasteiger partial charge in [-0.3, -0.25) is 14.6 Å². The largest absolute Gasteiger partial charge is 0.379 e. The van der Waals surface area contributed by atoms with E-state index in [1.807, 2.05) is 17.5 Å². The highest BCUT2D eigenvalue weighted by Gasteiger charge is 2.40. The van der Waals surface area contributed by atoms with Gasteiger partial charge in [-0.25, -0.2) is 0 Å². The molecule has 2 saturated heterocycles. The van der Waals surface area contributed by atoms with Crippen LogP contribution >= 0.6 is 23.1 Å². The van der Waals surface area contributed by atoms with Gasteiger partial charge < -0.3 is 9.47 Å². The third-order valence-corrected chi connectivity index (χ3v) is 7.30. The van der Waals surface area contributed by atoms with E-state index in [0.717, 1.165) is 31.1 Å². The Bertz CT molecular complexity index is 770. The summed E-state index contributed by atoms with van der Waals surface area (Å²) in [6.07, 6.45) is 2.09. The maximum Gasteiger partial charge on any atom is 0.191 e. The summed E-state index contributed by atoms with van der Waals surface area (Å²) in [5, 5.41) is 1.99. The third kappa shape index (κ3) is 4.93. The topological polar surface area (TPSA) is 42.0 Å². The average molecular weight is 433 g/mol. The normalized spacial score (nSPS) is 21.0. The minimum absolute atomic E-state index is 0.00232. The Morgan fingerprint density at radius 1 is 0.966 bits per heavy atom. The van der Waals surface area contributed by atoms with Gasteiger partial charge in [0.25, 0.3) is 0 Å². The maximum atomic E-state index is 13.8. The van der Waals surface area contributed by atoms with Crippen molar-refractivity contribution in [3.63, 3.8) is 0 Å². The van der Waals surface area contributed by atoms with Crippen molar-refractivity contribution < 1.29 is 14.3 Å². The fourth-order valence-corrected chi connectivity index (χ4v) is 5.28. The number of ketones is 1. The second-order valence-corrected chi connectivity index (χ2v) is 9.13. The van der Waals surface area contributed by atoms with Gasteiger partial charge in [0, 0.05) is 31.1 Å². The van der Waals surface area contributed by atoms with E-state index in [4.69, 9.17) is 9.47 Å². The molecule has 2 aliphatic rings. The fourth-order valence-electron chi connectivity index (χ4n) is 4.18. The van der Waals surface area contributed by atoms with Gasteiger partial charge in [-0.1, -0.05) is 18.2 Å². The molecule has 0 bridgehead atoms. The minimum Gasteiger partial charge on any atom is -0.379 e. The first-order valence-corrected chi connectivity index (χ1v) is 12.2. The minimum atomic E-state index is -0.226. The summed E-state index contributed by atoms with van der Waals surface area (Å²) in [4.78, 5) is 20.6. The summed E-state index contributed by atoms with van der Waals surface area (Å²) in [7, 11) is 0. The van der Waals surface area contributed by atoms with Crippen LogP contribution in [-0.2, 0) is 9.47 Å². The van der Waals surface area contributed by atoms with Crippen molar-refractivity contribution >= 4 is 28.9 Å². The Labute approximate surface area is 181 Å². The summed E-state index contributed by atoms with van der Waals surface area (Å²) in [5.74, 6) is 0.215. The molecule has 2 fully saturated rings. The van der Waals surface area contributed by atoms with Crippen LogP contribution in [0.1, 0.15) is 21.3 Å². The lowest BCUT2D eigenvalue weighted by atomic mass is 9.91. The van der Waals surface area contributed by atoms with Gasteiger partial charge in [-0.15, -0.1) is 23.1 Å². The number of hydrogen-bond donors (Lipinski definition) is 0. The summed E-state index contributed by atoms with van der Waals surface area (Å²) in [6.45, 7) is 6.02. The zero-order valence-electron chi connectivity index (χ0n) is 16.8. The highest BCUT2D eigenvalue weighted by Crippen LogP contribution is 2.33. The van der Waals surface area contributed by atoms with Crippen molar-refractivity contribution in [3.8, 4) is 0 Å². The van der Waals surface area contributed by atoms with Gasteiger partial charge >= 0.3 is 0 Å². The zero-order chi connectivity index (χ0) is 20.1. The number of nitrogens with zero attached hydrogens (tertiary/aromatic N) is 2. The number of rotatable bonds is 7. The maximum absolute atomic E-state index is 13.8. The smallest absolute Gasteiger partial charge is 0.191 e. The van der Waals surface area contributed by atoms with E-state index in [0.29, 0.717) is 26.4 Å². The molecule has 156 valence electrons. The Morgan fingerprint density at radius 2 is 1.59 bits per heavy atom. The van der Waals surface area contributed by atoms with Gasteiger partial charge in [0.15, 0.2) is 5.78 Å². The van der Waals surface area contributed by atoms with Gasteiger partial charge in [0.05, 0.1) is 43.4 Å². The molecule has 0 N–H and O–H groups in total. The molecule has 3 heterocycles. The summed E-state index contributed by atoms with van der Waals surface area (Å²) >= 11 is 3.27. The van der Waals surface area contributed by atoms with E-state index in [2.05, 4.69) is 40.3 Å². The molecule has 2 aromatic rings. The van der Waals surface area contributed by atoms with Gasteiger partial charge in [0.1, 0.15) is 0 Å². The van der Waals surface area contributed by atoms with Crippen LogP contribution in [0.2, 0.25) is 0 Å². The van der Waals surface area contributed by atoms with Crippen molar-refractivity contribution in [2.75, 3.05) is 58.9 Å². The number of thioether (sulfide) groups is 1. The van der Waals surface area contributed by atoms with Crippen molar-refractivity contribution in [1.29, 1.82) is 0 Å². The van der Waals surface area contributed by atoms with Gasteiger partial charge in [-0.05, 0) is 35.4 Å². The molecule has 29 heavy (non-hydrogen) atoms. The van der Waals surface area contributed by atoms with E-state index in [-0.39, 0.29) is 17.9 Å². The molecule has 7 heteroatoms. The number of hydrogen-bond acceptors (Lipinski definition) is 7. The lowest BCUT2D eigenvalue weighted by Gasteiger charge is -2.44. The van der Waals surface area contributed by atoms with E-state index in [1.54, 1.807) is 11.8 Å². The van der Waals surface area contributed by atoms with Crippen LogP contribution in [0.3, 0.4) is 0 Å². The van der Waals surface area contributed by atoms with Crippen LogP contribution in [0.5, 0.6) is 0 Å². The Kier molecular flexibility index (Phi) is 7.39. The number of morpholine rings is 2. The summed E-state index contributed by atoms with van der Waals surface area (Å²) < 4.78 is 11.2. The second kappa shape index (κ2) is 10.2. The van der Waals surface area contributed by atoms with Crippen molar-refractivity contribution in [2.45, 2.75) is 17.0 Å². The van der Waals surface area contributed by atoms with E-state index < -0.39 is 0 Å². The number of thiophene rings is 1. The standard InChI is InChI=1S/C22H28N2O3S2/c1-28-18-6-4-17(5-7-18)20(23-8-12-26-13-9-23)21(24-10-14-27-15-11-24)22(25)19-3-2-16-29-19/h2-7,16,20-21H,8-15H2,1H3/t20-,21-/m1/s1. The van der Waals surface area contributed by atoms with Crippen LogP contribution in [-0.4, -0.2) is 80.5 Å². The molecule has 0 aliphatic carbocycles. The first-order valence-electron chi connectivity index (χ1n) is 10.1. The highest BCUT2D eigenvalue weighted by atomic mass is 32.2. The number of Topliss-reactive ketones (excluding diaryl/α,β-unsaturated/α-hetero) is 1. The molecule has 0 spiro atoms. The molecule has 1 aromatic carbocycles. The van der Waals surface area contributed by atoms with Crippen LogP contribution in [0.15, 0.2) is 46.7 Å². The van der Waals surface area contributed by atoms with Crippen LogP contribution < -0.4 is 0 Å². The highest BCUT2D eigenvalue weighted by molar-refractivity contribution is 7.98. The van der Waals surface area contributed by atoms with E-state index >= 15 is 0 Å². The molecular weight excluding hydrogens is 404 g/mol. The van der Waals surface area contributed by atoms with E-state index in [1.165, 1.54) is 21.8 Å². The number of ether oxygens (including phenoxy) is 2. The molecule has 4 rings (SSSR count). The zero-order valence-corrected chi connectivity index (χ0v) is 18.4. The molecule has 0 radical (unpaired) electrons. The predicted octanol–water partition coefficient (Wildman–Crippen LogP) is 3.43. The van der Waals surface area contributed by atoms with Crippen LogP contribution in [0.25, 0.3) is 0 Å². The Balaban J connectivity index is 1.74. The SMILES string of the molecule is CSc1ccc([C@H]([C@H](C(=O)c2cccs2)N2CCOCC2)N2CCOCC2)cc1. The van der Waals surface area contributed by atoms with Crippen LogP contribution in [0, 0.1) is 0 Å². The monoisotopic (exact) mass is 432 g/mol. The predicted molar refractivity (Wildman–Crippen MR) is 118 cm³/mol. The molecule has 0 amide bonds. The fraction of sp³-hybridized carbons (Fsp3) is 0.500. The molecule has 0 unspecified atom stereocenters. The van der Waals surface area contributed by atoms with Gasteiger partial charge in [0.2, 0.25) is 0 Å². The first-order chi connectivity index (χ1) is 14.3. The number of carbonyl (C=O) groups is 1. The second-order valence-electron chi connectivity index (χ2n) is 7.30. The lowest BCUT2D eigenvalue weighted by Crippen LogP contribution is -2.55. The molecule has 2 aliphatic heterocycles. The lowest BCUT2D eigenvalue weighted by molar-refractivity contribution is -0.0300. The summed E-state index contributed by atoms with van der Waals surface area (Å²) in [5.41, 5.74) is 1.20.